The van der Waals surface area contributed by atoms with Gasteiger partial charge in [0.15, 0.2) is 18.1 Å². The van der Waals surface area contributed by atoms with Gasteiger partial charge in [0.05, 0.1) is 12.1 Å². The molecule has 4 N–H and O–H groups in total. The Hall–Kier alpha value is -3.26. The van der Waals surface area contributed by atoms with Crippen LogP contribution in [0.2, 0.25) is 5.02 Å². The summed E-state index contributed by atoms with van der Waals surface area (Å²) >= 11 is 6.10. The van der Waals surface area contributed by atoms with Crippen molar-refractivity contribution in [1.82, 2.24) is 10.9 Å². The van der Waals surface area contributed by atoms with Crippen molar-refractivity contribution in [2.75, 3.05) is 13.7 Å². The molecule has 0 spiro atoms. The van der Waals surface area contributed by atoms with Crippen molar-refractivity contribution >= 4 is 29.3 Å². The summed E-state index contributed by atoms with van der Waals surface area (Å²) in [5.74, 6) is -1.54. The molecule has 0 heterocycles. The van der Waals surface area contributed by atoms with E-state index in [0.717, 1.165) is 12.0 Å². The van der Waals surface area contributed by atoms with E-state index >= 15 is 0 Å². The molecule has 0 unspecified atom stereocenters. The van der Waals surface area contributed by atoms with Gasteiger partial charge in [-0.15, -0.1) is 0 Å². The predicted octanol–water partition coefficient (Wildman–Crippen LogP) is 1.85. The van der Waals surface area contributed by atoms with Gasteiger partial charge in [-0.1, -0.05) is 30.7 Å². The average Bonchev–Trinajstić information content (AvgIpc) is 2.70. The minimum absolute atomic E-state index is 0.0484. The summed E-state index contributed by atoms with van der Waals surface area (Å²) < 4.78 is 10.3. The van der Waals surface area contributed by atoms with Crippen molar-refractivity contribution in [2.45, 2.75) is 13.3 Å². The molecule has 0 bridgehead atoms. The van der Waals surface area contributed by atoms with Crippen molar-refractivity contribution in [2.24, 2.45) is 5.73 Å². The minimum atomic E-state index is -0.686. The molecule has 0 saturated heterocycles. The Kier molecular flexibility index (Phi) is 7.22. The maximum absolute atomic E-state index is 12.3. The maximum Gasteiger partial charge on any atom is 0.269 e. The van der Waals surface area contributed by atoms with Crippen LogP contribution in [0.4, 0.5) is 0 Å². The summed E-state index contributed by atoms with van der Waals surface area (Å²) in [6, 6.07) is 9.70. The predicted molar refractivity (Wildman–Crippen MR) is 103 cm³/mol. The Morgan fingerprint density at radius 2 is 1.64 bits per heavy atom. The Balaban J connectivity index is 2.07. The van der Waals surface area contributed by atoms with Crippen LogP contribution in [-0.4, -0.2) is 31.4 Å². The molecular formula is C19H20ClN3O5. The molecule has 2 rings (SSSR count). The van der Waals surface area contributed by atoms with Gasteiger partial charge in [-0.3, -0.25) is 25.2 Å². The molecule has 0 aliphatic carbocycles. The van der Waals surface area contributed by atoms with Crippen LogP contribution in [0.15, 0.2) is 36.4 Å². The Labute approximate surface area is 166 Å². The standard InChI is InChI=1S/C19H20ClN3O5/c1-3-11-4-6-12(7-5-11)18(25)22-23-19(26)13-8-14(20)17(15(9-13)27-2)28-10-16(21)24/h4-9H,3,10H2,1-2H3,(H2,21,24)(H,22,25)(H,23,26). The molecule has 0 radical (unpaired) electrons. The first-order valence-corrected chi connectivity index (χ1v) is 8.71. The largest absolute Gasteiger partial charge is 0.493 e. The van der Waals surface area contributed by atoms with Gasteiger partial charge in [0.1, 0.15) is 0 Å². The van der Waals surface area contributed by atoms with Crippen LogP contribution >= 0.6 is 11.6 Å². The lowest BCUT2D eigenvalue weighted by Gasteiger charge is -2.13. The summed E-state index contributed by atoms with van der Waals surface area (Å²) in [6.07, 6.45) is 0.861. The van der Waals surface area contributed by atoms with Crippen LogP contribution in [0.5, 0.6) is 11.5 Å². The zero-order chi connectivity index (χ0) is 20.7. The average molecular weight is 406 g/mol. The number of ether oxygens (including phenoxy) is 2. The van der Waals surface area contributed by atoms with E-state index in [0.29, 0.717) is 5.56 Å². The summed E-state index contributed by atoms with van der Waals surface area (Å²) in [5.41, 5.74) is 11.3. The van der Waals surface area contributed by atoms with Gasteiger partial charge >= 0.3 is 0 Å². The van der Waals surface area contributed by atoms with E-state index in [9.17, 15) is 14.4 Å². The molecule has 2 aromatic rings. The molecule has 0 aromatic heterocycles. The number of aryl methyl sites for hydroxylation is 1. The number of hydrogen-bond donors (Lipinski definition) is 3. The highest BCUT2D eigenvalue weighted by Crippen LogP contribution is 2.36. The fraction of sp³-hybridized carbons (Fsp3) is 0.211. The number of benzene rings is 2. The van der Waals surface area contributed by atoms with Crippen LogP contribution in [0.1, 0.15) is 33.2 Å². The fourth-order valence-electron chi connectivity index (χ4n) is 2.28. The number of nitrogens with two attached hydrogens (primary N) is 1. The highest BCUT2D eigenvalue weighted by molar-refractivity contribution is 6.32. The fourth-order valence-corrected chi connectivity index (χ4v) is 2.55. The lowest BCUT2D eigenvalue weighted by atomic mass is 10.1. The van der Waals surface area contributed by atoms with Gasteiger partial charge in [0.2, 0.25) is 0 Å². The second kappa shape index (κ2) is 9.61. The van der Waals surface area contributed by atoms with Crippen LogP contribution < -0.4 is 26.1 Å². The van der Waals surface area contributed by atoms with Crippen molar-refractivity contribution in [3.05, 3.63) is 58.1 Å². The smallest absolute Gasteiger partial charge is 0.269 e. The molecule has 8 nitrogen and oxygen atoms in total. The first kappa shape index (κ1) is 21.0. The summed E-state index contributed by atoms with van der Waals surface area (Å²) in [4.78, 5) is 35.3. The number of carbonyl (C=O) groups excluding carboxylic acids is 3. The van der Waals surface area contributed by atoms with E-state index in [2.05, 4.69) is 10.9 Å². The number of rotatable bonds is 7. The third-order valence-corrected chi connectivity index (χ3v) is 4.05. The number of carbonyl (C=O) groups is 3. The molecule has 2 aromatic carbocycles. The maximum atomic E-state index is 12.3. The first-order valence-electron chi connectivity index (χ1n) is 8.34. The monoisotopic (exact) mass is 405 g/mol. The highest BCUT2D eigenvalue weighted by Gasteiger charge is 2.17. The van der Waals surface area contributed by atoms with Crippen LogP contribution in [-0.2, 0) is 11.2 Å². The van der Waals surface area contributed by atoms with Gasteiger partial charge in [-0.2, -0.15) is 0 Å². The number of hydrogen-bond acceptors (Lipinski definition) is 5. The third-order valence-electron chi connectivity index (χ3n) is 3.76. The topological polar surface area (TPSA) is 120 Å². The molecular weight excluding hydrogens is 386 g/mol. The molecule has 3 amide bonds. The second-order valence-corrected chi connectivity index (χ2v) is 6.11. The second-order valence-electron chi connectivity index (χ2n) is 5.70. The van der Waals surface area contributed by atoms with Crippen molar-refractivity contribution < 1.29 is 23.9 Å². The van der Waals surface area contributed by atoms with Crippen molar-refractivity contribution in [3.63, 3.8) is 0 Å². The van der Waals surface area contributed by atoms with Crippen LogP contribution in [0.25, 0.3) is 0 Å². The van der Waals surface area contributed by atoms with Gasteiger partial charge < -0.3 is 15.2 Å². The normalized spacial score (nSPS) is 10.1. The highest BCUT2D eigenvalue weighted by atomic mass is 35.5. The number of primary amides is 1. The number of nitrogens with one attached hydrogen (secondary N) is 2. The molecule has 148 valence electrons. The lowest BCUT2D eigenvalue weighted by molar-refractivity contribution is -0.119. The van der Waals surface area contributed by atoms with E-state index < -0.39 is 24.3 Å². The van der Waals surface area contributed by atoms with Crippen molar-refractivity contribution in [3.8, 4) is 11.5 Å². The zero-order valence-corrected chi connectivity index (χ0v) is 16.1. The quantitative estimate of drug-likeness (QED) is 0.607. The summed E-state index contributed by atoms with van der Waals surface area (Å²) in [7, 11) is 1.35. The van der Waals surface area contributed by atoms with Crippen molar-refractivity contribution in [1.29, 1.82) is 0 Å². The SMILES string of the molecule is CCc1ccc(C(=O)NNC(=O)c2cc(Cl)c(OCC(N)=O)c(OC)c2)cc1. The van der Waals surface area contributed by atoms with E-state index in [4.69, 9.17) is 26.8 Å². The lowest BCUT2D eigenvalue weighted by Crippen LogP contribution is -2.41. The van der Waals surface area contributed by atoms with Gasteiger partial charge in [0.25, 0.3) is 17.7 Å². The summed E-state index contributed by atoms with van der Waals surface area (Å²) in [5, 5.41) is 0.0484. The number of amides is 3. The summed E-state index contributed by atoms with van der Waals surface area (Å²) in [6.45, 7) is 1.62. The first-order chi connectivity index (χ1) is 13.3. The van der Waals surface area contributed by atoms with E-state index in [1.807, 2.05) is 19.1 Å². The molecule has 0 aliphatic rings. The number of methoxy groups -OCH3 is 1. The Morgan fingerprint density at radius 1 is 1.04 bits per heavy atom. The number of halogens is 1. The van der Waals surface area contributed by atoms with Crippen LogP contribution in [0, 0.1) is 0 Å². The van der Waals surface area contributed by atoms with E-state index in [-0.39, 0.29) is 22.1 Å². The van der Waals surface area contributed by atoms with Gasteiger partial charge in [-0.05, 0) is 36.2 Å². The third kappa shape index (κ3) is 5.37. The van der Waals surface area contributed by atoms with Gasteiger partial charge in [0, 0.05) is 11.1 Å². The Bertz CT molecular complexity index is 884. The minimum Gasteiger partial charge on any atom is -0.493 e. The van der Waals surface area contributed by atoms with E-state index in [1.54, 1.807) is 12.1 Å². The van der Waals surface area contributed by atoms with E-state index in [1.165, 1.54) is 19.2 Å². The molecule has 0 saturated carbocycles. The molecule has 28 heavy (non-hydrogen) atoms. The van der Waals surface area contributed by atoms with Crippen LogP contribution in [0.3, 0.4) is 0 Å². The van der Waals surface area contributed by atoms with Gasteiger partial charge in [-0.25, -0.2) is 0 Å². The molecule has 0 aliphatic heterocycles. The molecule has 0 fully saturated rings. The molecule has 0 atom stereocenters. The Morgan fingerprint density at radius 3 is 2.18 bits per heavy atom. The molecule has 9 heteroatoms. The zero-order valence-electron chi connectivity index (χ0n) is 15.4. The number of hydrazine groups is 1.